The van der Waals surface area contributed by atoms with Crippen molar-refractivity contribution in [3.05, 3.63) is 29.8 Å². The molecule has 0 radical (unpaired) electrons. The molecule has 1 aliphatic carbocycles. The number of nitrogens with zero attached hydrogens (tertiary/aromatic N) is 1. The minimum Gasteiger partial charge on any atom is -0.493 e. The number of piperidine rings is 1. The molecule has 152 valence electrons. The normalized spacial score (nSPS) is 26.4. The predicted octanol–water partition coefficient (Wildman–Crippen LogP) is 3.78. The zero-order chi connectivity index (χ0) is 19.4. The van der Waals surface area contributed by atoms with Gasteiger partial charge in [0, 0.05) is 31.5 Å². The van der Waals surface area contributed by atoms with E-state index in [1.807, 2.05) is 24.3 Å². The first kappa shape index (κ1) is 19.3. The zero-order valence-electron chi connectivity index (χ0n) is 16.8. The van der Waals surface area contributed by atoms with Crippen LogP contribution in [-0.2, 0) is 4.79 Å². The predicted molar refractivity (Wildman–Crippen MR) is 108 cm³/mol. The average molecular weight is 385 g/mol. The van der Waals surface area contributed by atoms with Crippen LogP contribution in [0.1, 0.15) is 68.1 Å². The number of para-hydroxylation sites is 1. The van der Waals surface area contributed by atoms with Gasteiger partial charge in [-0.3, -0.25) is 9.59 Å². The molecule has 0 bridgehead atoms. The van der Waals surface area contributed by atoms with Crippen molar-refractivity contribution in [3.8, 4) is 5.75 Å². The van der Waals surface area contributed by atoms with Crippen molar-refractivity contribution in [2.45, 2.75) is 57.8 Å². The lowest BCUT2D eigenvalue weighted by Crippen LogP contribution is -2.51. The number of likely N-dealkylation sites (tertiary alicyclic amines) is 1. The van der Waals surface area contributed by atoms with Crippen molar-refractivity contribution in [2.75, 3.05) is 26.2 Å². The Balaban J connectivity index is 1.48. The number of carbonyl (C=O) groups excluding carboxylic acids is 2. The van der Waals surface area contributed by atoms with Crippen LogP contribution < -0.4 is 10.1 Å². The van der Waals surface area contributed by atoms with E-state index in [1.54, 1.807) is 0 Å². The maximum atomic E-state index is 12.8. The van der Waals surface area contributed by atoms with Crippen LogP contribution in [0.2, 0.25) is 0 Å². The number of benzene rings is 1. The van der Waals surface area contributed by atoms with Crippen LogP contribution in [0.25, 0.3) is 0 Å². The summed E-state index contributed by atoms with van der Waals surface area (Å²) in [5.41, 5.74) is 0.609. The van der Waals surface area contributed by atoms with Gasteiger partial charge < -0.3 is 15.0 Å². The standard InChI is InChI=1S/C23H32N2O3/c26-21(15-18-9-10-18)25-13-6-12-23(17-25)11-4-1-5-14-28-20-8-3-2-7-19(20)22(27)24-16-23/h2-3,7-8,18H,1,4-6,9-17H2,(H,24,27). The van der Waals surface area contributed by atoms with E-state index in [-0.39, 0.29) is 11.3 Å². The summed E-state index contributed by atoms with van der Waals surface area (Å²) < 4.78 is 5.85. The van der Waals surface area contributed by atoms with Crippen molar-refractivity contribution in [1.29, 1.82) is 0 Å². The molecule has 2 amide bonds. The van der Waals surface area contributed by atoms with Crippen molar-refractivity contribution >= 4 is 11.8 Å². The van der Waals surface area contributed by atoms with Gasteiger partial charge in [0.2, 0.25) is 5.91 Å². The van der Waals surface area contributed by atoms with Crippen LogP contribution in [0.4, 0.5) is 0 Å². The number of rotatable bonds is 2. The highest BCUT2D eigenvalue weighted by molar-refractivity contribution is 5.96. The molecule has 1 aromatic carbocycles. The highest BCUT2D eigenvalue weighted by Crippen LogP contribution is 2.38. The summed E-state index contributed by atoms with van der Waals surface area (Å²) in [5.74, 6) is 1.53. The second-order valence-corrected chi connectivity index (χ2v) is 8.90. The summed E-state index contributed by atoms with van der Waals surface area (Å²) in [5, 5.41) is 3.17. The molecule has 4 rings (SSSR count). The smallest absolute Gasteiger partial charge is 0.255 e. The molecule has 5 nitrogen and oxygen atoms in total. The van der Waals surface area contributed by atoms with E-state index in [1.165, 1.54) is 12.8 Å². The Labute approximate surface area is 167 Å². The second kappa shape index (κ2) is 8.54. The highest BCUT2D eigenvalue weighted by Gasteiger charge is 2.38. The Bertz CT molecular complexity index is 716. The molecular weight excluding hydrogens is 352 g/mol. The van der Waals surface area contributed by atoms with Gasteiger partial charge in [-0.1, -0.05) is 25.0 Å². The van der Waals surface area contributed by atoms with E-state index in [4.69, 9.17) is 4.74 Å². The van der Waals surface area contributed by atoms with Gasteiger partial charge in [-0.05, 0) is 56.6 Å². The minimum atomic E-state index is -0.0722. The molecule has 2 heterocycles. The summed E-state index contributed by atoms with van der Waals surface area (Å²) in [6, 6.07) is 7.48. The molecular formula is C23H32N2O3. The van der Waals surface area contributed by atoms with Gasteiger partial charge in [0.25, 0.3) is 5.91 Å². The second-order valence-electron chi connectivity index (χ2n) is 8.90. The van der Waals surface area contributed by atoms with E-state index >= 15 is 0 Å². The number of nitrogens with one attached hydrogen (secondary N) is 1. The first-order chi connectivity index (χ1) is 13.7. The van der Waals surface area contributed by atoms with Gasteiger partial charge in [-0.2, -0.15) is 0 Å². The van der Waals surface area contributed by atoms with Crippen molar-refractivity contribution in [3.63, 3.8) is 0 Å². The Morgan fingerprint density at radius 3 is 2.82 bits per heavy atom. The SMILES string of the molecule is O=C1NCC2(CCCCCOc3ccccc31)CCCN(C(=O)CC1CC1)C2. The molecule has 28 heavy (non-hydrogen) atoms. The molecule has 1 atom stereocenters. The third-order valence-electron chi connectivity index (χ3n) is 6.54. The number of amides is 2. The fourth-order valence-electron chi connectivity index (χ4n) is 4.66. The Hall–Kier alpha value is -2.04. The molecule has 5 heteroatoms. The highest BCUT2D eigenvalue weighted by atomic mass is 16.5. The number of fused-ring (bicyclic) bond motifs is 1. The largest absolute Gasteiger partial charge is 0.493 e. The molecule has 2 fully saturated rings. The lowest BCUT2D eigenvalue weighted by Gasteiger charge is -2.43. The Kier molecular flexibility index (Phi) is 5.88. The molecule has 1 saturated heterocycles. The monoisotopic (exact) mass is 384 g/mol. The van der Waals surface area contributed by atoms with Gasteiger partial charge in [0.05, 0.1) is 12.2 Å². The molecule has 0 aromatic heterocycles. The van der Waals surface area contributed by atoms with Gasteiger partial charge in [0.15, 0.2) is 0 Å². The van der Waals surface area contributed by atoms with Crippen LogP contribution in [0, 0.1) is 11.3 Å². The number of hydrogen-bond acceptors (Lipinski definition) is 3. The third kappa shape index (κ3) is 4.68. The summed E-state index contributed by atoms with van der Waals surface area (Å²) in [6.07, 6.45) is 9.54. The summed E-state index contributed by atoms with van der Waals surface area (Å²) in [4.78, 5) is 27.6. The number of ether oxygens (including phenoxy) is 1. The third-order valence-corrected chi connectivity index (χ3v) is 6.54. The van der Waals surface area contributed by atoms with Gasteiger partial charge in [0.1, 0.15) is 5.75 Å². The van der Waals surface area contributed by atoms with Crippen molar-refractivity contribution < 1.29 is 14.3 Å². The van der Waals surface area contributed by atoms with Gasteiger partial charge >= 0.3 is 0 Å². The lowest BCUT2D eigenvalue weighted by atomic mass is 9.75. The minimum absolute atomic E-state index is 0.00210. The van der Waals surface area contributed by atoms with Crippen LogP contribution in [0.3, 0.4) is 0 Å². The first-order valence-corrected chi connectivity index (χ1v) is 10.9. The summed E-state index contributed by atoms with van der Waals surface area (Å²) >= 11 is 0. The molecule has 1 N–H and O–H groups in total. The maximum absolute atomic E-state index is 12.8. The van der Waals surface area contributed by atoms with Crippen molar-refractivity contribution in [1.82, 2.24) is 10.2 Å². The van der Waals surface area contributed by atoms with Crippen LogP contribution in [0.5, 0.6) is 5.75 Å². The summed E-state index contributed by atoms with van der Waals surface area (Å²) in [7, 11) is 0. The molecule has 1 saturated carbocycles. The summed E-state index contributed by atoms with van der Waals surface area (Å²) in [6.45, 7) is 2.94. The van der Waals surface area contributed by atoms with Crippen LogP contribution in [-0.4, -0.2) is 43.0 Å². The van der Waals surface area contributed by atoms with Crippen LogP contribution >= 0.6 is 0 Å². The molecule has 1 unspecified atom stereocenters. The average Bonchev–Trinajstić information content (AvgIpc) is 3.52. The fraction of sp³-hybridized carbons (Fsp3) is 0.652. The van der Waals surface area contributed by atoms with Crippen LogP contribution in [0.15, 0.2) is 24.3 Å². The molecule has 1 aromatic rings. The fourth-order valence-corrected chi connectivity index (χ4v) is 4.66. The van der Waals surface area contributed by atoms with E-state index in [9.17, 15) is 9.59 Å². The molecule has 2 aliphatic heterocycles. The van der Waals surface area contributed by atoms with E-state index in [2.05, 4.69) is 10.2 Å². The number of carbonyl (C=O) groups is 2. The quantitative estimate of drug-likeness (QED) is 0.844. The molecule has 3 aliphatic rings. The van der Waals surface area contributed by atoms with Gasteiger partial charge in [-0.25, -0.2) is 0 Å². The van der Waals surface area contributed by atoms with E-state index < -0.39 is 0 Å². The van der Waals surface area contributed by atoms with E-state index in [0.717, 1.165) is 51.6 Å². The first-order valence-electron chi connectivity index (χ1n) is 10.9. The maximum Gasteiger partial charge on any atom is 0.255 e. The Morgan fingerprint density at radius 2 is 1.96 bits per heavy atom. The molecule has 1 spiro atoms. The number of hydrogen-bond donors (Lipinski definition) is 1. The Morgan fingerprint density at radius 1 is 1.14 bits per heavy atom. The topological polar surface area (TPSA) is 58.6 Å². The van der Waals surface area contributed by atoms with E-state index in [0.29, 0.717) is 42.7 Å². The lowest BCUT2D eigenvalue weighted by molar-refractivity contribution is -0.135. The van der Waals surface area contributed by atoms with Crippen molar-refractivity contribution in [2.24, 2.45) is 11.3 Å². The zero-order valence-corrected chi connectivity index (χ0v) is 16.8. The van der Waals surface area contributed by atoms with Gasteiger partial charge in [-0.15, -0.1) is 0 Å².